The lowest BCUT2D eigenvalue weighted by atomic mass is 10.1. The van der Waals surface area contributed by atoms with E-state index in [0.29, 0.717) is 6.04 Å². The topological polar surface area (TPSA) is 25.4 Å². The zero-order chi connectivity index (χ0) is 12.4. The second-order valence-corrected chi connectivity index (χ2v) is 5.22. The minimum absolute atomic E-state index is 0.289. The van der Waals surface area contributed by atoms with Gasteiger partial charge in [0.15, 0.2) is 0 Å². The van der Waals surface area contributed by atoms with Gasteiger partial charge in [-0.3, -0.25) is 0 Å². The lowest BCUT2D eigenvalue weighted by Gasteiger charge is -2.29. The molecule has 2 rings (SSSR count). The highest BCUT2D eigenvalue weighted by atomic mass is 79.9. The Hall–Kier alpha value is -0.610. The zero-order valence-electron chi connectivity index (χ0n) is 10.6. The van der Waals surface area contributed by atoms with E-state index in [1.807, 2.05) is 6.20 Å². The van der Waals surface area contributed by atoms with E-state index >= 15 is 0 Å². The molecular weight excluding hydrogens is 280 g/mol. The molecule has 0 bridgehead atoms. The van der Waals surface area contributed by atoms with Crippen LogP contribution in [0.1, 0.15) is 24.5 Å². The summed E-state index contributed by atoms with van der Waals surface area (Å²) in [5.74, 6) is 1.07. The van der Waals surface area contributed by atoms with Crippen molar-refractivity contribution < 1.29 is 4.74 Å². The van der Waals surface area contributed by atoms with Crippen molar-refractivity contribution in [3.63, 3.8) is 0 Å². The molecule has 0 spiro atoms. The number of likely N-dealkylation sites (N-methyl/N-ethyl adjacent to an activating group) is 1. The van der Waals surface area contributed by atoms with Crippen LogP contribution in [0.2, 0.25) is 0 Å². The number of hydrogen-bond acceptors (Lipinski definition) is 3. The predicted octanol–water partition coefficient (Wildman–Crippen LogP) is 2.90. The van der Waals surface area contributed by atoms with Crippen LogP contribution in [0.3, 0.4) is 0 Å². The number of alkyl halides is 1. The Balaban J connectivity index is 2.21. The summed E-state index contributed by atoms with van der Waals surface area (Å²) in [5.41, 5.74) is 2.44. The predicted molar refractivity (Wildman–Crippen MR) is 73.8 cm³/mol. The molecule has 1 aromatic heterocycles. The molecule has 1 aliphatic heterocycles. The van der Waals surface area contributed by atoms with Crippen LogP contribution in [0.15, 0.2) is 12.3 Å². The average Bonchev–Trinajstić information content (AvgIpc) is 2.74. The first-order valence-corrected chi connectivity index (χ1v) is 7.11. The van der Waals surface area contributed by atoms with Crippen molar-refractivity contribution in [1.82, 2.24) is 4.98 Å². The van der Waals surface area contributed by atoms with Gasteiger partial charge in [-0.15, -0.1) is 0 Å². The molecule has 3 nitrogen and oxygen atoms in total. The van der Waals surface area contributed by atoms with E-state index in [1.54, 1.807) is 0 Å². The molecule has 0 radical (unpaired) electrons. The average molecular weight is 299 g/mol. The Kier molecular flexibility index (Phi) is 4.05. The van der Waals surface area contributed by atoms with Gasteiger partial charge in [0.05, 0.1) is 12.1 Å². The Bertz CT molecular complexity index is 397. The van der Waals surface area contributed by atoms with Gasteiger partial charge < -0.3 is 9.64 Å². The summed E-state index contributed by atoms with van der Waals surface area (Å²) in [6.45, 7) is 5.11. The first-order valence-electron chi connectivity index (χ1n) is 5.99. The Morgan fingerprint density at radius 2 is 2.35 bits per heavy atom. The zero-order valence-corrected chi connectivity index (χ0v) is 12.2. The number of hydrogen-bond donors (Lipinski definition) is 0. The lowest BCUT2D eigenvalue weighted by molar-refractivity contribution is 0.118. The Labute approximate surface area is 111 Å². The first kappa shape index (κ1) is 12.8. The van der Waals surface area contributed by atoms with Crippen molar-refractivity contribution in [2.75, 3.05) is 18.6 Å². The molecule has 0 aliphatic carbocycles. The number of rotatable bonds is 3. The van der Waals surface area contributed by atoms with E-state index in [-0.39, 0.29) is 6.10 Å². The minimum Gasteiger partial charge on any atom is -0.376 e. The largest absolute Gasteiger partial charge is 0.376 e. The summed E-state index contributed by atoms with van der Waals surface area (Å²) in [6.07, 6.45) is 3.31. The maximum atomic E-state index is 5.62. The van der Waals surface area contributed by atoms with Gasteiger partial charge in [0, 0.05) is 25.2 Å². The van der Waals surface area contributed by atoms with Crippen molar-refractivity contribution in [3.8, 4) is 0 Å². The number of pyridine rings is 1. The third kappa shape index (κ3) is 2.63. The number of ether oxygens (including phenoxy) is 1. The van der Waals surface area contributed by atoms with Crippen LogP contribution in [0, 0.1) is 6.92 Å². The van der Waals surface area contributed by atoms with Crippen molar-refractivity contribution in [3.05, 3.63) is 23.4 Å². The molecule has 0 N–H and O–H groups in total. The van der Waals surface area contributed by atoms with Crippen LogP contribution in [0.25, 0.3) is 0 Å². The van der Waals surface area contributed by atoms with E-state index in [0.717, 1.165) is 24.2 Å². The quantitative estimate of drug-likeness (QED) is 0.803. The van der Waals surface area contributed by atoms with Crippen molar-refractivity contribution in [2.24, 2.45) is 0 Å². The van der Waals surface area contributed by atoms with Gasteiger partial charge in [-0.2, -0.15) is 0 Å². The lowest BCUT2D eigenvalue weighted by Crippen LogP contribution is -2.37. The molecule has 1 fully saturated rings. The normalized spacial score (nSPS) is 24.0. The summed E-state index contributed by atoms with van der Waals surface area (Å²) in [5, 5.41) is 0.855. The van der Waals surface area contributed by atoms with E-state index in [2.05, 4.69) is 52.8 Å². The van der Waals surface area contributed by atoms with Crippen LogP contribution >= 0.6 is 15.9 Å². The Morgan fingerprint density at radius 1 is 1.59 bits per heavy atom. The Morgan fingerprint density at radius 3 is 2.88 bits per heavy atom. The molecular formula is C13H19BrN2O. The number of nitrogens with zero attached hydrogens (tertiary/aromatic N) is 2. The van der Waals surface area contributed by atoms with Gasteiger partial charge in [-0.05, 0) is 31.4 Å². The van der Waals surface area contributed by atoms with Gasteiger partial charge in [0.1, 0.15) is 5.82 Å². The fourth-order valence-electron chi connectivity index (χ4n) is 2.45. The molecule has 1 aromatic rings. The molecule has 1 aliphatic rings. The summed E-state index contributed by atoms with van der Waals surface area (Å²) in [6, 6.07) is 2.63. The molecule has 0 amide bonds. The highest BCUT2D eigenvalue weighted by molar-refractivity contribution is 9.08. The van der Waals surface area contributed by atoms with Gasteiger partial charge >= 0.3 is 0 Å². The second kappa shape index (κ2) is 5.36. The van der Waals surface area contributed by atoms with E-state index < -0.39 is 0 Å². The second-order valence-electron chi connectivity index (χ2n) is 4.66. The van der Waals surface area contributed by atoms with Crippen LogP contribution in [0.4, 0.5) is 5.82 Å². The fraction of sp³-hybridized carbons (Fsp3) is 0.615. The highest BCUT2D eigenvalue weighted by Crippen LogP contribution is 2.25. The molecule has 2 unspecified atom stereocenters. The van der Waals surface area contributed by atoms with Crippen molar-refractivity contribution in [1.29, 1.82) is 0 Å². The van der Waals surface area contributed by atoms with E-state index in [1.165, 1.54) is 11.1 Å². The van der Waals surface area contributed by atoms with Gasteiger partial charge in [-0.1, -0.05) is 22.0 Å². The maximum absolute atomic E-state index is 5.62. The minimum atomic E-state index is 0.289. The summed E-state index contributed by atoms with van der Waals surface area (Å²) in [7, 11) is 2.11. The standard InChI is InChI=1S/C13H19BrN2O/c1-9-6-11(7-14)8-15-13(9)16(3)12-4-5-17-10(12)2/h6,8,10,12H,4-5,7H2,1-3H3. The van der Waals surface area contributed by atoms with Crippen LogP contribution in [0.5, 0.6) is 0 Å². The van der Waals surface area contributed by atoms with Gasteiger partial charge in [0.25, 0.3) is 0 Å². The molecule has 0 saturated carbocycles. The summed E-state index contributed by atoms with van der Waals surface area (Å²) >= 11 is 3.46. The van der Waals surface area contributed by atoms with Crippen LogP contribution in [-0.2, 0) is 10.1 Å². The molecule has 1 saturated heterocycles. The smallest absolute Gasteiger partial charge is 0.131 e. The summed E-state index contributed by atoms with van der Waals surface area (Å²) in [4.78, 5) is 6.82. The highest BCUT2D eigenvalue weighted by Gasteiger charge is 2.29. The van der Waals surface area contributed by atoms with Gasteiger partial charge in [-0.25, -0.2) is 4.98 Å². The molecule has 2 atom stereocenters. The molecule has 4 heteroatoms. The van der Waals surface area contributed by atoms with Crippen LogP contribution < -0.4 is 4.90 Å². The SMILES string of the molecule is Cc1cc(CBr)cnc1N(C)C1CCOC1C. The molecule has 0 aromatic carbocycles. The number of anilines is 1. The van der Waals surface area contributed by atoms with Crippen LogP contribution in [-0.4, -0.2) is 30.8 Å². The number of aromatic nitrogens is 1. The summed E-state index contributed by atoms with van der Waals surface area (Å²) < 4.78 is 5.62. The van der Waals surface area contributed by atoms with E-state index in [4.69, 9.17) is 4.74 Å². The van der Waals surface area contributed by atoms with Crippen molar-refractivity contribution in [2.45, 2.75) is 37.7 Å². The maximum Gasteiger partial charge on any atom is 0.131 e. The number of aryl methyl sites for hydroxylation is 1. The molecule has 2 heterocycles. The first-order chi connectivity index (χ1) is 8.13. The molecule has 94 valence electrons. The number of halogens is 1. The van der Waals surface area contributed by atoms with Gasteiger partial charge in [0.2, 0.25) is 0 Å². The molecule has 17 heavy (non-hydrogen) atoms. The van der Waals surface area contributed by atoms with E-state index in [9.17, 15) is 0 Å². The fourth-order valence-corrected chi connectivity index (χ4v) is 2.76. The van der Waals surface area contributed by atoms with Crippen molar-refractivity contribution >= 4 is 21.7 Å². The third-order valence-electron chi connectivity index (χ3n) is 3.43. The third-order valence-corrected chi connectivity index (χ3v) is 4.08. The monoisotopic (exact) mass is 298 g/mol.